The molecule has 1 aromatic carbocycles. The van der Waals surface area contributed by atoms with Crippen molar-refractivity contribution in [1.82, 2.24) is 19.3 Å². The summed E-state index contributed by atoms with van der Waals surface area (Å²) in [5, 5.41) is 7.12. The molecule has 9 heteroatoms. The van der Waals surface area contributed by atoms with E-state index in [9.17, 15) is 9.59 Å². The van der Waals surface area contributed by atoms with Gasteiger partial charge in [-0.15, -0.1) is 0 Å². The lowest BCUT2D eigenvalue weighted by molar-refractivity contribution is -0.116. The highest BCUT2D eigenvalue weighted by molar-refractivity contribution is 5.90. The minimum absolute atomic E-state index is 0.137. The Morgan fingerprint density at radius 1 is 1.20 bits per heavy atom. The number of para-hydroxylation sites is 2. The first-order valence-corrected chi connectivity index (χ1v) is 10.2. The van der Waals surface area contributed by atoms with Crippen molar-refractivity contribution >= 4 is 28.6 Å². The summed E-state index contributed by atoms with van der Waals surface area (Å²) >= 11 is 0. The Morgan fingerprint density at radius 2 is 1.97 bits per heavy atom. The van der Waals surface area contributed by atoms with Gasteiger partial charge in [0.25, 0.3) is 5.56 Å². The van der Waals surface area contributed by atoms with Gasteiger partial charge in [0, 0.05) is 38.2 Å². The minimum Gasteiger partial charge on any atom is -0.378 e. The maximum absolute atomic E-state index is 13.2. The average Bonchev–Trinajstić information content (AvgIpc) is 3.21. The van der Waals surface area contributed by atoms with E-state index in [0.29, 0.717) is 37.9 Å². The number of benzene rings is 1. The number of morpholine rings is 1. The van der Waals surface area contributed by atoms with Gasteiger partial charge in [0.15, 0.2) is 5.82 Å². The Morgan fingerprint density at radius 3 is 2.73 bits per heavy atom. The predicted molar refractivity (Wildman–Crippen MR) is 115 cm³/mol. The molecule has 0 saturated carbocycles. The lowest BCUT2D eigenvalue weighted by atomic mass is 10.2. The number of nitrogens with zero attached hydrogens (tertiary/aromatic N) is 5. The fourth-order valence-corrected chi connectivity index (χ4v) is 3.63. The highest BCUT2D eigenvalue weighted by Gasteiger charge is 2.20. The van der Waals surface area contributed by atoms with Crippen LogP contribution in [-0.2, 0) is 16.1 Å². The zero-order valence-electron chi connectivity index (χ0n) is 17.2. The molecule has 0 radical (unpaired) electrons. The fourth-order valence-electron chi connectivity index (χ4n) is 3.63. The van der Waals surface area contributed by atoms with Crippen molar-refractivity contribution in [1.29, 1.82) is 0 Å². The van der Waals surface area contributed by atoms with Crippen LogP contribution in [0.5, 0.6) is 0 Å². The summed E-state index contributed by atoms with van der Waals surface area (Å²) in [6.07, 6.45) is 1.82. The number of nitrogens with one attached hydrogen (secondary N) is 1. The molecule has 3 heterocycles. The molecule has 9 nitrogen and oxygen atoms in total. The second-order valence-corrected chi connectivity index (χ2v) is 7.53. The van der Waals surface area contributed by atoms with E-state index in [1.165, 1.54) is 0 Å². The molecule has 1 aliphatic rings. The molecule has 3 aromatic rings. The molecule has 4 rings (SSSR count). The summed E-state index contributed by atoms with van der Waals surface area (Å²) in [6, 6.07) is 9.42. The Hall–Kier alpha value is -3.20. The lowest BCUT2D eigenvalue weighted by Gasteiger charge is -2.28. The van der Waals surface area contributed by atoms with Gasteiger partial charge in [0.1, 0.15) is 5.82 Å². The predicted octanol–water partition coefficient (Wildman–Crippen LogP) is 2.04. The molecule has 158 valence electrons. The standard InChI is InChI=1S/C21H26N6O3/c1-15(2)27-18(7-9-22-27)24-19(28)8-10-26-17-6-4-3-5-16(17)23-20(21(26)29)25-11-13-30-14-12-25/h3-7,9,15H,8,10-14H2,1-2H3,(H,24,28). The smallest absolute Gasteiger partial charge is 0.294 e. The maximum Gasteiger partial charge on any atom is 0.294 e. The molecule has 0 unspecified atom stereocenters. The number of hydrogen-bond donors (Lipinski definition) is 1. The van der Waals surface area contributed by atoms with E-state index in [2.05, 4.69) is 15.4 Å². The molecule has 1 amide bonds. The normalized spacial score (nSPS) is 14.4. The van der Waals surface area contributed by atoms with E-state index in [1.54, 1.807) is 21.5 Å². The van der Waals surface area contributed by atoms with Gasteiger partial charge in [-0.05, 0) is 26.0 Å². The van der Waals surface area contributed by atoms with Crippen molar-refractivity contribution in [3.8, 4) is 0 Å². The Kier molecular flexibility index (Phi) is 5.80. The second-order valence-electron chi connectivity index (χ2n) is 7.53. The van der Waals surface area contributed by atoms with Crippen LogP contribution in [0.1, 0.15) is 26.3 Å². The second kappa shape index (κ2) is 8.66. The van der Waals surface area contributed by atoms with Crippen molar-refractivity contribution in [2.24, 2.45) is 0 Å². The summed E-state index contributed by atoms with van der Waals surface area (Å²) in [5.74, 6) is 0.893. The number of aromatic nitrogens is 4. The molecule has 1 aliphatic heterocycles. The monoisotopic (exact) mass is 410 g/mol. The van der Waals surface area contributed by atoms with Crippen LogP contribution < -0.4 is 15.8 Å². The highest BCUT2D eigenvalue weighted by Crippen LogP contribution is 2.17. The lowest BCUT2D eigenvalue weighted by Crippen LogP contribution is -2.41. The number of rotatable bonds is 6. The van der Waals surface area contributed by atoms with E-state index >= 15 is 0 Å². The Labute approximate surface area is 174 Å². The van der Waals surface area contributed by atoms with Crippen molar-refractivity contribution in [3.05, 3.63) is 46.9 Å². The number of amides is 1. The SMILES string of the molecule is CC(C)n1nccc1NC(=O)CCn1c(=O)c(N2CCOCC2)nc2ccccc21. The highest BCUT2D eigenvalue weighted by atomic mass is 16.5. The van der Waals surface area contributed by atoms with E-state index in [1.807, 2.05) is 43.0 Å². The van der Waals surface area contributed by atoms with Gasteiger partial charge in [0.05, 0.1) is 30.4 Å². The van der Waals surface area contributed by atoms with Crippen LogP contribution >= 0.6 is 0 Å². The molecule has 1 N–H and O–H groups in total. The zero-order chi connectivity index (χ0) is 21.1. The van der Waals surface area contributed by atoms with Crippen LogP contribution in [0.2, 0.25) is 0 Å². The van der Waals surface area contributed by atoms with Gasteiger partial charge in [-0.25, -0.2) is 9.67 Å². The Bertz CT molecular complexity index is 1100. The number of ether oxygens (including phenoxy) is 1. The number of hydrogen-bond acceptors (Lipinski definition) is 6. The first kappa shape index (κ1) is 20.1. The van der Waals surface area contributed by atoms with Crippen molar-refractivity contribution in [2.45, 2.75) is 32.9 Å². The summed E-state index contributed by atoms with van der Waals surface area (Å²) < 4.78 is 8.79. The number of fused-ring (bicyclic) bond motifs is 1. The number of aryl methyl sites for hydroxylation is 1. The van der Waals surface area contributed by atoms with Gasteiger partial charge in [-0.3, -0.25) is 9.59 Å². The molecular formula is C21H26N6O3. The number of anilines is 2. The number of carbonyl (C=O) groups is 1. The maximum atomic E-state index is 13.2. The summed E-state index contributed by atoms with van der Waals surface area (Å²) in [6.45, 7) is 6.65. The fraction of sp³-hybridized carbons (Fsp3) is 0.429. The number of carbonyl (C=O) groups excluding carboxylic acids is 1. The quantitative estimate of drug-likeness (QED) is 0.668. The van der Waals surface area contributed by atoms with Gasteiger partial charge in [-0.2, -0.15) is 5.10 Å². The van der Waals surface area contributed by atoms with Crippen molar-refractivity contribution < 1.29 is 9.53 Å². The summed E-state index contributed by atoms with van der Waals surface area (Å²) in [5.41, 5.74) is 1.27. The largest absolute Gasteiger partial charge is 0.378 e. The molecule has 1 saturated heterocycles. The van der Waals surface area contributed by atoms with Crippen LogP contribution in [0, 0.1) is 0 Å². The van der Waals surface area contributed by atoms with Gasteiger partial charge in [0.2, 0.25) is 5.91 Å². The van der Waals surface area contributed by atoms with Crippen LogP contribution in [0.3, 0.4) is 0 Å². The van der Waals surface area contributed by atoms with E-state index in [-0.39, 0.29) is 30.5 Å². The molecule has 0 atom stereocenters. The van der Waals surface area contributed by atoms with Gasteiger partial charge < -0.3 is 19.5 Å². The third-order valence-electron chi connectivity index (χ3n) is 5.14. The Balaban J connectivity index is 1.58. The molecule has 30 heavy (non-hydrogen) atoms. The van der Waals surface area contributed by atoms with Gasteiger partial charge >= 0.3 is 0 Å². The molecule has 0 spiro atoms. The topological polar surface area (TPSA) is 94.3 Å². The minimum atomic E-state index is -0.185. The van der Waals surface area contributed by atoms with E-state index in [0.717, 1.165) is 11.0 Å². The summed E-state index contributed by atoms with van der Waals surface area (Å²) in [7, 11) is 0. The average molecular weight is 410 g/mol. The zero-order valence-corrected chi connectivity index (χ0v) is 17.2. The molecule has 0 bridgehead atoms. The molecular weight excluding hydrogens is 384 g/mol. The first-order valence-electron chi connectivity index (χ1n) is 10.2. The third kappa shape index (κ3) is 4.06. The van der Waals surface area contributed by atoms with Crippen LogP contribution in [0.25, 0.3) is 11.0 Å². The van der Waals surface area contributed by atoms with E-state index in [4.69, 9.17) is 4.74 Å². The van der Waals surface area contributed by atoms with Crippen molar-refractivity contribution in [2.75, 3.05) is 36.5 Å². The summed E-state index contributed by atoms with van der Waals surface area (Å²) in [4.78, 5) is 32.4. The van der Waals surface area contributed by atoms with Gasteiger partial charge in [-0.1, -0.05) is 12.1 Å². The molecule has 1 fully saturated rings. The van der Waals surface area contributed by atoms with E-state index < -0.39 is 0 Å². The van der Waals surface area contributed by atoms with Crippen molar-refractivity contribution in [3.63, 3.8) is 0 Å². The van der Waals surface area contributed by atoms with Crippen LogP contribution in [-0.4, -0.2) is 51.5 Å². The first-order chi connectivity index (χ1) is 14.5. The van der Waals surface area contributed by atoms with Crippen LogP contribution in [0.15, 0.2) is 41.3 Å². The third-order valence-corrected chi connectivity index (χ3v) is 5.14. The van der Waals surface area contributed by atoms with Crippen LogP contribution in [0.4, 0.5) is 11.6 Å². The molecule has 2 aromatic heterocycles. The molecule has 0 aliphatic carbocycles.